The van der Waals surface area contributed by atoms with Crippen LogP contribution in [0.2, 0.25) is 5.02 Å². The average molecular weight is 436 g/mol. The fourth-order valence-electron chi connectivity index (χ4n) is 3.30. The first-order valence-electron chi connectivity index (χ1n) is 9.53. The molecule has 0 bridgehead atoms. The predicted octanol–water partition coefficient (Wildman–Crippen LogP) is 2.61. The molecule has 0 unspecified atom stereocenters. The van der Waals surface area contributed by atoms with E-state index < -0.39 is 10.0 Å². The van der Waals surface area contributed by atoms with Gasteiger partial charge in [0.2, 0.25) is 15.9 Å². The third-order valence-electron chi connectivity index (χ3n) is 5.06. The third-order valence-corrected chi connectivity index (χ3v) is 7.12. The van der Waals surface area contributed by atoms with Crippen LogP contribution >= 0.6 is 11.6 Å². The predicted molar refractivity (Wildman–Crippen MR) is 114 cm³/mol. The van der Waals surface area contributed by atoms with Gasteiger partial charge in [0.25, 0.3) is 0 Å². The lowest BCUT2D eigenvalue weighted by Gasteiger charge is -2.33. The average Bonchev–Trinajstić information content (AvgIpc) is 2.68. The van der Waals surface area contributed by atoms with E-state index >= 15 is 0 Å². The van der Waals surface area contributed by atoms with E-state index in [4.69, 9.17) is 11.6 Å². The fourth-order valence-corrected chi connectivity index (χ4v) is 4.81. The van der Waals surface area contributed by atoms with Gasteiger partial charge in [0.1, 0.15) is 0 Å². The summed E-state index contributed by atoms with van der Waals surface area (Å²) in [6.07, 6.45) is 0. The van der Waals surface area contributed by atoms with Gasteiger partial charge in [-0.1, -0.05) is 41.4 Å². The molecule has 1 aliphatic rings. The van der Waals surface area contributed by atoms with Crippen molar-refractivity contribution in [1.29, 1.82) is 0 Å². The Morgan fingerprint density at radius 3 is 2.34 bits per heavy atom. The molecular formula is C21H26ClN3O3S. The Bertz CT molecular complexity index is 955. The molecule has 1 saturated heterocycles. The molecule has 2 aromatic carbocycles. The van der Waals surface area contributed by atoms with Crippen LogP contribution in [0.15, 0.2) is 53.4 Å². The zero-order chi connectivity index (χ0) is 21.0. The maximum absolute atomic E-state index is 13.3. The molecule has 1 aliphatic heterocycles. The van der Waals surface area contributed by atoms with E-state index in [1.807, 2.05) is 38.2 Å². The van der Waals surface area contributed by atoms with E-state index in [0.29, 0.717) is 18.1 Å². The minimum Gasteiger partial charge on any atom is -0.339 e. The van der Waals surface area contributed by atoms with Crippen molar-refractivity contribution in [3.05, 3.63) is 64.7 Å². The van der Waals surface area contributed by atoms with E-state index in [1.54, 1.807) is 17.0 Å². The van der Waals surface area contributed by atoms with Crippen molar-refractivity contribution < 1.29 is 13.2 Å². The molecule has 0 atom stereocenters. The molecule has 29 heavy (non-hydrogen) atoms. The molecule has 0 aliphatic carbocycles. The van der Waals surface area contributed by atoms with Crippen LogP contribution in [-0.4, -0.2) is 68.2 Å². The molecular weight excluding hydrogens is 410 g/mol. The number of piperazine rings is 1. The SMILES string of the molecule is Cc1cccc(CN(CC(=O)N2CCN(C)CC2)S(=O)(=O)c2ccc(Cl)cc2)c1. The summed E-state index contributed by atoms with van der Waals surface area (Å²) in [4.78, 5) is 16.9. The van der Waals surface area contributed by atoms with Crippen molar-refractivity contribution in [2.24, 2.45) is 0 Å². The second kappa shape index (κ2) is 9.26. The van der Waals surface area contributed by atoms with Crippen molar-refractivity contribution >= 4 is 27.5 Å². The van der Waals surface area contributed by atoms with E-state index in [-0.39, 0.29) is 23.9 Å². The summed E-state index contributed by atoms with van der Waals surface area (Å²) in [5.74, 6) is -0.178. The van der Waals surface area contributed by atoms with Crippen LogP contribution in [0, 0.1) is 6.92 Å². The van der Waals surface area contributed by atoms with Gasteiger partial charge in [-0.3, -0.25) is 4.79 Å². The number of hydrogen-bond acceptors (Lipinski definition) is 4. The molecule has 0 spiro atoms. The van der Waals surface area contributed by atoms with E-state index in [9.17, 15) is 13.2 Å². The van der Waals surface area contributed by atoms with Crippen LogP contribution in [0.4, 0.5) is 0 Å². The van der Waals surface area contributed by atoms with Crippen molar-refractivity contribution in [3.63, 3.8) is 0 Å². The van der Waals surface area contributed by atoms with Gasteiger partial charge < -0.3 is 9.80 Å². The second-order valence-electron chi connectivity index (χ2n) is 7.40. The monoisotopic (exact) mass is 435 g/mol. The number of likely N-dealkylation sites (N-methyl/N-ethyl adjacent to an activating group) is 1. The number of benzene rings is 2. The number of amides is 1. The third kappa shape index (κ3) is 5.57. The van der Waals surface area contributed by atoms with Crippen LogP contribution in [0.1, 0.15) is 11.1 Å². The van der Waals surface area contributed by atoms with Crippen LogP contribution in [0.5, 0.6) is 0 Å². The lowest BCUT2D eigenvalue weighted by Crippen LogP contribution is -2.50. The lowest BCUT2D eigenvalue weighted by molar-refractivity contribution is -0.133. The highest BCUT2D eigenvalue weighted by atomic mass is 35.5. The second-order valence-corrected chi connectivity index (χ2v) is 9.77. The van der Waals surface area contributed by atoms with Crippen molar-refractivity contribution in [3.8, 4) is 0 Å². The molecule has 1 fully saturated rings. The van der Waals surface area contributed by atoms with Gasteiger partial charge in [-0.2, -0.15) is 4.31 Å². The molecule has 0 aromatic heterocycles. The standard InChI is InChI=1S/C21H26ClN3O3S/c1-17-4-3-5-18(14-17)15-25(16-21(26)24-12-10-23(2)11-13-24)29(27,28)20-8-6-19(22)7-9-20/h3-9,14H,10-13,15-16H2,1-2H3. The Morgan fingerprint density at radius 2 is 1.72 bits per heavy atom. The summed E-state index contributed by atoms with van der Waals surface area (Å²) < 4.78 is 27.9. The highest BCUT2D eigenvalue weighted by Crippen LogP contribution is 2.21. The number of aryl methyl sites for hydroxylation is 1. The quantitative estimate of drug-likeness (QED) is 0.699. The highest BCUT2D eigenvalue weighted by molar-refractivity contribution is 7.89. The number of sulfonamides is 1. The number of rotatable bonds is 6. The minimum absolute atomic E-state index is 0.126. The molecule has 1 heterocycles. The van der Waals surface area contributed by atoms with Crippen molar-refractivity contribution in [1.82, 2.24) is 14.1 Å². The maximum atomic E-state index is 13.3. The van der Waals surface area contributed by atoms with Crippen molar-refractivity contribution in [2.45, 2.75) is 18.4 Å². The Morgan fingerprint density at radius 1 is 1.07 bits per heavy atom. The molecule has 6 nitrogen and oxygen atoms in total. The summed E-state index contributed by atoms with van der Waals surface area (Å²) in [5.41, 5.74) is 1.88. The largest absolute Gasteiger partial charge is 0.339 e. The number of hydrogen-bond donors (Lipinski definition) is 0. The first kappa shape index (κ1) is 21.8. The number of carbonyl (C=O) groups excluding carboxylic acids is 1. The summed E-state index contributed by atoms with van der Waals surface area (Å²) in [5, 5.41) is 0.461. The highest BCUT2D eigenvalue weighted by Gasteiger charge is 2.29. The van der Waals surface area contributed by atoms with E-state index in [1.165, 1.54) is 16.4 Å². The molecule has 156 valence electrons. The normalized spacial score (nSPS) is 15.7. The number of nitrogens with zero attached hydrogens (tertiary/aromatic N) is 3. The molecule has 1 amide bonds. The molecule has 0 radical (unpaired) electrons. The summed E-state index contributed by atoms with van der Waals surface area (Å²) in [6, 6.07) is 13.7. The topological polar surface area (TPSA) is 60.9 Å². The van der Waals surface area contributed by atoms with Crippen LogP contribution in [0.3, 0.4) is 0 Å². The molecule has 0 saturated carbocycles. The van der Waals surface area contributed by atoms with Crippen molar-refractivity contribution in [2.75, 3.05) is 39.8 Å². The smallest absolute Gasteiger partial charge is 0.243 e. The Hall–Kier alpha value is -1.93. The van der Waals surface area contributed by atoms with Gasteiger partial charge in [0, 0.05) is 37.7 Å². The van der Waals surface area contributed by atoms with Gasteiger partial charge in [-0.25, -0.2) is 8.42 Å². The van der Waals surface area contributed by atoms with Gasteiger partial charge in [-0.05, 0) is 43.8 Å². The summed E-state index contributed by atoms with van der Waals surface area (Å²) in [7, 11) is -1.85. The number of halogens is 1. The first-order chi connectivity index (χ1) is 13.8. The number of carbonyl (C=O) groups is 1. The molecule has 3 rings (SSSR count). The van der Waals surface area contributed by atoms with Gasteiger partial charge >= 0.3 is 0 Å². The van der Waals surface area contributed by atoms with Gasteiger partial charge in [-0.15, -0.1) is 0 Å². The first-order valence-corrected chi connectivity index (χ1v) is 11.3. The van der Waals surface area contributed by atoms with Crippen LogP contribution in [0.25, 0.3) is 0 Å². The van der Waals surface area contributed by atoms with Crippen LogP contribution in [-0.2, 0) is 21.4 Å². The minimum atomic E-state index is -3.86. The molecule has 2 aromatic rings. The lowest BCUT2D eigenvalue weighted by atomic mass is 10.1. The van der Waals surface area contributed by atoms with Gasteiger partial charge in [0.15, 0.2) is 0 Å². The van der Waals surface area contributed by atoms with E-state index in [2.05, 4.69) is 4.90 Å². The van der Waals surface area contributed by atoms with E-state index in [0.717, 1.165) is 24.2 Å². The summed E-state index contributed by atoms with van der Waals surface area (Å²) >= 11 is 5.91. The Kier molecular flexibility index (Phi) is 6.95. The Labute approximate surface area is 177 Å². The Balaban J connectivity index is 1.86. The maximum Gasteiger partial charge on any atom is 0.243 e. The van der Waals surface area contributed by atoms with Crippen LogP contribution < -0.4 is 0 Å². The fraction of sp³-hybridized carbons (Fsp3) is 0.381. The van der Waals surface area contributed by atoms with Gasteiger partial charge in [0.05, 0.1) is 11.4 Å². The zero-order valence-corrected chi connectivity index (χ0v) is 18.3. The summed E-state index contributed by atoms with van der Waals surface area (Å²) in [6.45, 7) is 4.68. The molecule has 8 heteroatoms. The zero-order valence-electron chi connectivity index (χ0n) is 16.7. The molecule has 0 N–H and O–H groups in total.